The van der Waals surface area contributed by atoms with E-state index in [1.807, 2.05) is 0 Å². The van der Waals surface area contributed by atoms with E-state index in [9.17, 15) is 4.79 Å². The van der Waals surface area contributed by atoms with Crippen molar-refractivity contribution in [2.45, 2.75) is 6.92 Å². The number of hydrogen-bond acceptors (Lipinski definition) is 3. The Hall–Kier alpha value is -2.10. The zero-order valence-corrected chi connectivity index (χ0v) is 8.19. The zero-order chi connectivity index (χ0) is 11.0. The minimum atomic E-state index is -0.988. The molecule has 1 aromatic carbocycles. The van der Waals surface area contributed by atoms with Crippen LogP contribution in [0.4, 0.5) is 5.69 Å². The topological polar surface area (TPSA) is 76.2 Å². The lowest BCUT2D eigenvalue weighted by molar-refractivity contribution is 0.0699. The molecule has 0 aliphatic carbocycles. The number of nitrogens with two attached hydrogens (primary N) is 1. The van der Waals surface area contributed by atoms with Gasteiger partial charge in [0.15, 0.2) is 0 Å². The van der Waals surface area contributed by atoms with E-state index in [0.717, 1.165) is 0 Å². The number of carboxylic acids is 1. The van der Waals surface area contributed by atoms with Gasteiger partial charge in [-0.2, -0.15) is 0 Å². The highest BCUT2D eigenvalue weighted by Crippen LogP contribution is 2.23. The van der Waals surface area contributed by atoms with Gasteiger partial charge in [-0.1, -0.05) is 12.1 Å². The van der Waals surface area contributed by atoms with Crippen molar-refractivity contribution >= 4 is 22.6 Å². The van der Waals surface area contributed by atoms with Gasteiger partial charge in [0, 0.05) is 16.8 Å². The Bertz CT molecular complexity index is 550. The molecule has 0 amide bonds. The highest BCUT2D eigenvalue weighted by atomic mass is 16.4. The summed E-state index contributed by atoms with van der Waals surface area (Å²) in [5.74, 6) is -0.988. The molecule has 4 nitrogen and oxygen atoms in total. The van der Waals surface area contributed by atoms with Crippen molar-refractivity contribution in [1.29, 1.82) is 0 Å². The number of aromatic nitrogens is 1. The van der Waals surface area contributed by atoms with Crippen LogP contribution in [0.5, 0.6) is 0 Å². The fourth-order valence-corrected chi connectivity index (χ4v) is 1.58. The van der Waals surface area contributed by atoms with Gasteiger partial charge in [0.25, 0.3) is 0 Å². The maximum Gasteiger partial charge on any atom is 0.337 e. The minimum absolute atomic E-state index is 0.183. The van der Waals surface area contributed by atoms with Crippen LogP contribution in [0.1, 0.15) is 16.1 Å². The number of carboxylic acid groups (broad SMARTS) is 1. The number of aromatic carboxylic acids is 1. The molecule has 0 radical (unpaired) electrons. The summed E-state index contributed by atoms with van der Waals surface area (Å²) >= 11 is 0. The van der Waals surface area contributed by atoms with Crippen LogP contribution in [0.15, 0.2) is 24.3 Å². The highest BCUT2D eigenvalue weighted by Gasteiger charge is 2.10. The number of benzene rings is 1. The Balaban J connectivity index is 2.91. The van der Waals surface area contributed by atoms with E-state index >= 15 is 0 Å². The number of rotatable bonds is 1. The Morgan fingerprint density at radius 2 is 2.20 bits per heavy atom. The van der Waals surface area contributed by atoms with E-state index < -0.39 is 5.97 Å². The summed E-state index contributed by atoms with van der Waals surface area (Å²) in [7, 11) is 0. The highest BCUT2D eigenvalue weighted by molar-refractivity contribution is 6.04. The Labute approximate surface area is 86.4 Å². The zero-order valence-electron chi connectivity index (χ0n) is 8.19. The Morgan fingerprint density at radius 3 is 2.87 bits per heavy atom. The maximum absolute atomic E-state index is 11.0. The standard InChI is InChI=1S/C11H10N2O2/c1-6-5-9(12)7-3-2-4-8(11(14)15)10(7)13-6/h2-5H,1H3,(H2,12,13)(H,14,15). The van der Waals surface area contributed by atoms with Crippen molar-refractivity contribution in [1.82, 2.24) is 4.98 Å². The second kappa shape index (κ2) is 3.24. The number of aryl methyl sites for hydroxylation is 1. The number of pyridine rings is 1. The normalized spacial score (nSPS) is 10.5. The van der Waals surface area contributed by atoms with Crippen LogP contribution in [0.25, 0.3) is 10.9 Å². The molecule has 4 heteroatoms. The van der Waals surface area contributed by atoms with Crippen LogP contribution in [0, 0.1) is 6.92 Å². The lowest BCUT2D eigenvalue weighted by Gasteiger charge is -2.05. The number of para-hydroxylation sites is 1. The monoisotopic (exact) mass is 202 g/mol. The van der Waals surface area contributed by atoms with Crippen molar-refractivity contribution in [3.63, 3.8) is 0 Å². The van der Waals surface area contributed by atoms with Crippen molar-refractivity contribution < 1.29 is 9.90 Å². The first-order chi connectivity index (χ1) is 7.09. The molecular weight excluding hydrogens is 192 g/mol. The second-order valence-corrected chi connectivity index (χ2v) is 3.36. The van der Waals surface area contributed by atoms with Crippen LogP contribution >= 0.6 is 0 Å². The fraction of sp³-hybridized carbons (Fsp3) is 0.0909. The molecule has 0 bridgehead atoms. The predicted octanol–water partition coefficient (Wildman–Crippen LogP) is 1.82. The van der Waals surface area contributed by atoms with E-state index in [1.54, 1.807) is 25.1 Å². The van der Waals surface area contributed by atoms with E-state index in [4.69, 9.17) is 10.8 Å². The molecule has 0 unspecified atom stereocenters. The van der Waals surface area contributed by atoms with Crippen LogP contribution in [0.3, 0.4) is 0 Å². The summed E-state index contributed by atoms with van der Waals surface area (Å²) in [6.07, 6.45) is 0. The van der Waals surface area contributed by atoms with Gasteiger partial charge in [-0.15, -0.1) is 0 Å². The minimum Gasteiger partial charge on any atom is -0.478 e. The van der Waals surface area contributed by atoms with Gasteiger partial charge in [0.05, 0.1) is 11.1 Å². The lowest BCUT2D eigenvalue weighted by atomic mass is 10.1. The van der Waals surface area contributed by atoms with Gasteiger partial charge in [0.1, 0.15) is 0 Å². The van der Waals surface area contributed by atoms with E-state index in [-0.39, 0.29) is 5.56 Å². The fourth-order valence-electron chi connectivity index (χ4n) is 1.58. The largest absolute Gasteiger partial charge is 0.478 e. The number of fused-ring (bicyclic) bond motifs is 1. The molecule has 0 saturated carbocycles. The van der Waals surface area contributed by atoms with Gasteiger partial charge in [-0.3, -0.25) is 4.98 Å². The first kappa shape index (κ1) is 9.45. The summed E-state index contributed by atoms with van der Waals surface area (Å²) in [5.41, 5.74) is 7.70. The van der Waals surface area contributed by atoms with Crippen LogP contribution in [-0.2, 0) is 0 Å². The van der Waals surface area contributed by atoms with Crippen molar-refractivity contribution in [3.05, 3.63) is 35.5 Å². The third-order valence-corrected chi connectivity index (χ3v) is 2.23. The summed E-state index contributed by atoms with van der Waals surface area (Å²) in [6, 6.07) is 6.69. The summed E-state index contributed by atoms with van der Waals surface area (Å²) in [6.45, 7) is 1.79. The molecule has 0 spiro atoms. The maximum atomic E-state index is 11.0. The molecule has 0 atom stereocenters. The summed E-state index contributed by atoms with van der Waals surface area (Å²) in [4.78, 5) is 15.2. The average molecular weight is 202 g/mol. The molecule has 3 N–H and O–H groups in total. The third-order valence-electron chi connectivity index (χ3n) is 2.23. The molecular formula is C11H10N2O2. The first-order valence-electron chi connectivity index (χ1n) is 4.48. The summed E-state index contributed by atoms with van der Waals surface area (Å²) in [5, 5.41) is 9.66. The number of nitrogens with zero attached hydrogens (tertiary/aromatic N) is 1. The van der Waals surface area contributed by atoms with Crippen LogP contribution in [-0.4, -0.2) is 16.1 Å². The van der Waals surface area contributed by atoms with Crippen molar-refractivity contribution in [2.24, 2.45) is 0 Å². The van der Waals surface area contributed by atoms with Gasteiger partial charge in [-0.05, 0) is 19.1 Å². The third kappa shape index (κ3) is 1.50. The van der Waals surface area contributed by atoms with Crippen molar-refractivity contribution in [3.8, 4) is 0 Å². The van der Waals surface area contributed by atoms with E-state index in [0.29, 0.717) is 22.3 Å². The Morgan fingerprint density at radius 1 is 1.47 bits per heavy atom. The molecule has 1 aromatic heterocycles. The lowest BCUT2D eigenvalue weighted by Crippen LogP contribution is -2.01. The van der Waals surface area contributed by atoms with E-state index in [2.05, 4.69) is 4.98 Å². The van der Waals surface area contributed by atoms with Crippen LogP contribution < -0.4 is 5.73 Å². The molecule has 2 aromatic rings. The first-order valence-corrected chi connectivity index (χ1v) is 4.48. The average Bonchev–Trinajstić information content (AvgIpc) is 2.16. The second-order valence-electron chi connectivity index (χ2n) is 3.36. The molecule has 0 fully saturated rings. The molecule has 0 saturated heterocycles. The Kier molecular flexibility index (Phi) is 2.04. The number of carbonyl (C=O) groups is 1. The van der Waals surface area contributed by atoms with Gasteiger partial charge >= 0.3 is 5.97 Å². The smallest absolute Gasteiger partial charge is 0.337 e. The predicted molar refractivity (Wildman–Crippen MR) is 57.9 cm³/mol. The molecule has 0 aliphatic rings. The van der Waals surface area contributed by atoms with Gasteiger partial charge < -0.3 is 10.8 Å². The van der Waals surface area contributed by atoms with Gasteiger partial charge in [0.2, 0.25) is 0 Å². The number of hydrogen-bond donors (Lipinski definition) is 2. The van der Waals surface area contributed by atoms with Crippen LogP contribution in [0.2, 0.25) is 0 Å². The van der Waals surface area contributed by atoms with Crippen molar-refractivity contribution in [2.75, 3.05) is 5.73 Å². The molecule has 15 heavy (non-hydrogen) atoms. The SMILES string of the molecule is Cc1cc(N)c2cccc(C(=O)O)c2n1. The molecule has 1 heterocycles. The number of nitrogen functional groups attached to an aromatic ring is 1. The number of anilines is 1. The van der Waals surface area contributed by atoms with E-state index in [1.165, 1.54) is 6.07 Å². The molecule has 76 valence electrons. The molecule has 0 aliphatic heterocycles. The van der Waals surface area contributed by atoms with Gasteiger partial charge in [-0.25, -0.2) is 4.79 Å². The molecule has 2 rings (SSSR count). The quantitative estimate of drug-likeness (QED) is 0.739. The summed E-state index contributed by atoms with van der Waals surface area (Å²) < 4.78 is 0.